The quantitative estimate of drug-likeness (QED) is 0.135. The van der Waals surface area contributed by atoms with Gasteiger partial charge in [0.1, 0.15) is 11.5 Å². The Morgan fingerprint density at radius 2 is 0.929 bits per heavy atom. The molecule has 1 aliphatic rings. The van der Waals surface area contributed by atoms with Crippen molar-refractivity contribution in [1.82, 2.24) is 50.4 Å². The van der Waals surface area contributed by atoms with Gasteiger partial charge in [-0.25, -0.2) is 14.8 Å². The molecule has 0 fully saturated rings. The molecule has 0 saturated carbocycles. The van der Waals surface area contributed by atoms with Crippen molar-refractivity contribution in [3.63, 3.8) is 0 Å². The highest BCUT2D eigenvalue weighted by Crippen LogP contribution is 2.27. The molecule has 10 aromatic rings. The van der Waals surface area contributed by atoms with Crippen molar-refractivity contribution in [3.05, 3.63) is 246 Å². The van der Waals surface area contributed by atoms with Crippen LogP contribution >= 0.6 is 0 Å². The number of nitrogens with one attached hydrogen (secondary N) is 3. The zero-order valence-electron chi connectivity index (χ0n) is 52.8. The van der Waals surface area contributed by atoms with Crippen LogP contribution in [0.2, 0.25) is 0 Å². The van der Waals surface area contributed by atoms with Gasteiger partial charge in [0.25, 0.3) is 0 Å². The van der Waals surface area contributed by atoms with Gasteiger partial charge in [0, 0.05) is 90.5 Å². The van der Waals surface area contributed by atoms with E-state index < -0.39 is 0 Å². The van der Waals surface area contributed by atoms with Crippen LogP contribution in [-0.4, -0.2) is 51.1 Å². The van der Waals surface area contributed by atoms with Gasteiger partial charge >= 0.3 is 6.03 Å². The van der Waals surface area contributed by atoms with E-state index in [1.165, 1.54) is 49.7 Å². The molecule has 0 aliphatic carbocycles. The second-order valence-electron chi connectivity index (χ2n) is 22.7. The van der Waals surface area contributed by atoms with Gasteiger partial charge in [-0.3, -0.25) is 25.3 Å². The number of amides is 2. The average molecular weight is 1130 g/mol. The van der Waals surface area contributed by atoms with E-state index in [0.29, 0.717) is 59.7 Å². The summed E-state index contributed by atoms with van der Waals surface area (Å²) in [6.07, 6.45) is 20.1. The maximum Gasteiger partial charge on any atom is 0.320 e. The first kappa shape index (κ1) is 68.0. The number of H-pyrrole nitrogens is 1. The summed E-state index contributed by atoms with van der Waals surface area (Å²) in [6, 6.07) is 43.0. The first-order chi connectivity index (χ1) is 40.3. The predicted molar refractivity (Wildman–Crippen MR) is 352 cm³/mol. The minimum Gasteiger partial charge on any atom is -0.346 e. The van der Waals surface area contributed by atoms with Gasteiger partial charge in [-0.05, 0) is 153 Å². The van der Waals surface area contributed by atoms with Crippen LogP contribution in [0.4, 0.5) is 10.6 Å². The van der Waals surface area contributed by atoms with Crippen LogP contribution in [0, 0.1) is 0 Å². The maximum atomic E-state index is 11.0. The lowest BCUT2D eigenvalue weighted by molar-refractivity contribution is 0.250. The Kier molecular flexibility index (Phi) is 29.8. The number of para-hydroxylation sites is 1. The highest BCUT2D eigenvalue weighted by atomic mass is 16.2. The standard InChI is InChI=1S/C12H13N.C10H13N3O.C10H12N2.C9H12.3C8H11N.C7H10N2/c1-9(2)10-7-8-13-12-6-4-3-5-11(10)12;1-6(2)7-3-4-11-9-8(7)5-12-10(14)13-9;1-7(2)8-3-5-11-10-9(8)4-6-12-10;1-8(2)9-6-4-3-5-7-9;1-7(2)8-3-5-9-6-4-8;1-7(2)8-4-3-5-9-6-8;1-7(2)8-5-3-4-6-9-8;1-6(2)7-3-4-8-9-5-7/h3-9H,1-2H3;3-4,6H,5H2,1-2H3,(H2,11,12,13,14);3-7H,1-2H3,(H,11,12);3-8H,1-2H3;3*3-7H,1-2H3;3-6H,1-2H3. The second-order valence-corrected chi connectivity index (χ2v) is 22.7. The smallest absolute Gasteiger partial charge is 0.320 e. The SMILES string of the molecule is CC(C)c1ccccc1.CC(C)c1ccccn1.CC(C)c1cccnc1.CC(C)c1ccnc2[nH]ccc12.CC(C)c1ccnc2c1CNC(=O)N2.CC(C)c1ccnc2ccccc12.CC(C)c1ccncc1.CC(C)c1ccnnc1. The van der Waals surface area contributed by atoms with Crippen LogP contribution in [0.15, 0.2) is 196 Å². The van der Waals surface area contributed by atoms with Crippen molar-refractivity contribution in [2.45, 2.75) is 165 Å². The summed E-state index contributed by atoms with van der Waals surface area (Å²) >= 11 is 0. The summed E-state index contributed by atoms with van der Waals surface area (Å²) < 4.78 is 0. The van der Waals surface area contributed by atoms with E-state index in [1.54, 1.807) is 24.8 Å². The molecule has 0 bridgehead atoms. The summed E-state index contributed by atoms with van der Waals surface area (Å²) in [7, 11) is 0. The van der Waals surface area contributed by atoms with Gasteiger partial charge in [0.2, 0.25) is 0 Å². The summed E-state index contributed by atoms with van der Waals surface area (Å²) in [5.41, 5.74) is 13.6. The highest BCUT2D eigenvalue weighted by molar-refractivity contribution is 5.91. The molecule has 0 atom stereocenters. The number of carbonyl (C=O) groups is 1. The molecule has 8 aromatic heterocycles. The van der Waals surface area contributed by atoms with Crippen LogP contribution in [0.3, 0.4) is 0 Å². The molecular formula is C72H93N11O. The highest BCUT2D eigenvalue weighted by Gasteiger charge is 2.19. The number of benzene rings is 2. The number of rotatable bonds is 8. The van der Waals surface area contributed by atoms with E-state index in [4.69, 9.17) is 0 Å². The van der Waals surface area contributed by atoms with Crippen LogP contribution in [0.5, 0.6) is 0 Å². The third-order valence-corrected chi connectivity index (χ3v) is 13.5. The lowest BCUT2D eigenvalue weighted by Gasteiger charge is -2.21. The zero-order chi connectivity index (χ0) is 61.4. The molecule has 12 heteroatoms. The maximum absolute atomic E-state index is 11.0. The lowest BCUT2D eigenvalue weighted by atomic mass is 9.98. The van der Waals surface area contributed by atoms with Gasteiger partial charge in [0.05, 0.1) is 11.7 Å². The molecule has 1 aliphatic heterocycles. The van der Waals surface area contributed by atoms with Crippen molar-refractivity contribution < 1.29 is 4.79 Å². The fourth-order valence-corrected chi connectivity index (χ4v) is 8.43. The van der Waals surface area contributed by atoms with Crippen LogP contribution in [0.25, 0.3) is 21.9 Å². The van der Waals surface area contributed by atoms with Crippen LogP contribution in [-0.2, 0) is 6.54 Å². The Morgan fingerprint density at radius 3 is 1.44 bits per heavy atom. The Morgan fingerprint density at radius 1 is 0.381 bits per heavy atom. The molecule has 11 rings (SSSR count). The number of nitrogens with zero attached hydrogens (tertiary/aromatic N) is 8. The van der Waals surface area contributed by atoms with Gasteiger partial charge in [-0.2, -0.15) is 10.2 Å². The normalized spacial score (nSPS) is 11.2. The molecule has 3 N–H and O–H groups in total. The van der Waals surface area contributed by atoms with E-state index >= 15 is 0 Å². The Bertz CT molecular complexity index is 3090. The number of anilines is 1. The Balaban J connectivity index is 0.000000207. The molecule has 0 spiro atoms. The number of urea groups is 1. The van der Waals surface area contributed by atoms with Crippen molar-refractivity contribution in [2.75, 3.05) is 5.32 Å². The third-order valence-electron chi connectivity index (χ3n) is 13.5. The van der Waals surface area contributed by atoms with Gasteiger partial charge in [0.15, 0.2) is 0 Å². The number of fused-ring (bicyclic) bond motifs is 3. The molecule has 9 heterocycles. The number of aromatic nitrogens is 9. The summed E-state index contributed by atoms with van der Waals surface area (Å²) in [6.45, 7) is 35.3. The molecule has 0 saturated heterocycles. The lowest BCUT2D eigenvalue weighted by Crippen LogP contribution is -2.34. The summed E-state index contributed by atoms with van der Waals surface area (Å²) in [4.78, 5) is 39.0. The molecular weight excluding hydrogens is 1030 g/mol. The molecule has 0 unspecified atom stereocenters. The number of hydrogen-bond acceptors (Lipinski definition) is 9. The monoisotopic (exact) mass is 1130 g/mol. The Hall–Kier alpha value is -8.51. The minimum absolute atomic E-state index is 0.175. The van der Waals surface area contributed by atoms with Crippen molar-refractivity contribution in [2.24, 2.45) is 0 Å². The molecule has 0 radical (unpaired) electrons. The summed E-state index contributed by atoms with van der Waals surface area (Å²) in [5, 5.41) is 15.4. The van der Waals surface area contributed by atoms with Crippen LogP contribution < -0.4 is 10.6 Å². The molecule has 2 amide bonds. The van der Waals surface area contributed by atoms with E-state index in [-0.39, 0.29) is 6.03 Å². The first-order valence-corrected chi connectivity index (χ1v) is 29.6. The summed E-state index contributed by atoms with van der Waals surface area (Å²) in [5.74, 6) is 5.24. The molecule has 84 heavy (non-hydrogen) atoms. The van der Waals surface area contributed by atoms with Crippen molar-refractivity contribution in [1.29, 1.82) is 0 Å². The number of pyridine rings is 6. The first-order valence-electron chi connectivity index (χ1n) is 29.6. The third kappa shape index (κ3) is 23.8. The van der Waals surface area contributed by atoms with Crippen molar-refractivity contribution in [3.8, 4) is 0 Å². The van der Waals surface area contributed by atoms with Gasteiger partial charge < -0.3 is 10.3 Å². The fourth-order valence-electron chi connectivity index (χ4n) is 8.43. The molecule has 442 valence electrons. The fraction of sp³-hybridized carbons (Fsp3) is 0.347. The topological polar surface area (TPSA) is 160 Å². The largest absolute Gasteiger partial charge is 0.346 e. The van der Waals surface area contributed by atoms with Crippen molar-refractivity contribution >= 4 is 33.8 Å². The number of carbonyl (C=O) groups excluding carboxylic acids is 1. The minimum atomic E-state index is -0.175. The van der Waals surface area contributed by atoms with Gasteiger partial charge in [-0.15, -0.1) is 0 Å². The molecule has 2 aromatic carbocycles. The van der Waals surface area contributed by atoms with Crippen LogP contribution in [0.1, 0.15) is 208 Å². The average Bonchev–Trinajstić information content (AvgIpc) is 4.13. The predicted octanol–water partition coefficient (Wildman–Crippen LogP) is 18.9. The number of aromatic amines is 1. The molecule has 12 nitrogen and oxygen atoms in total. The van der Waals surface area contributed by atoms with E-state index in [9.17, 15) is 4.79 Å². The number of hydrogen-bond donors (Lipinski definition) is 3. The van der Waals surface area contributed by atoms with E-state index in [2.05, 4.69) is 233 Å². The van der Waals surface area contributed by atoms with E-state index in [1.807, 2.05) is 104 Å². The van der Waals surface area contributed by atoms with E-state index in [0.717, 1.165) is 22.4 Å². The zero-order valence-corrected chi connectivity index (χ0v) is 52.8. The second kappa shape index (κ2) is 36.8. The Labute approximate surface area is 502 Å². The van der Waals surface area contributed by atoms with Gasteiger partial charge in [-0.1, -0.05) is 171 Å².